The van der Waals surface area contributed by atoms with E-state index in [1.165, 1.54) is 12.2 Å². The van der Waals surface area contributed by atoms with Gasteiger partial charge in [0, 0.05) is 16.7 Å². The number of hydrogen-bond acceptors (Lipinski definition) is 5. The van der Waals surface area contributed by atoms with Crippen LogP contribution >= 0.6 is 11.6 Å². The van der Waals surface area contributed by atoms with Gasteiger partial charge >= 0.3 is 0 Å². The molecular weight excluding hydrogens is 442 g/mol. The van der Waals surface area contributed by atoms with E-state index >= 15 is 4.39 Å². The minimum atomic E-state index is -2.28. The first-order valence-electron chi connectivity index (χ1n) is 11.2. The van der Waals surface area contributed by atoms with Crippen molar-refractivity contribution in [3.63, 3.8) is 0 Å². The highest BCUT2D eigenvalue weighted by Gasteiger charge is 2.78. The third-order valence-electron chi connectivity index (χ3n) is 9.03. The van der Waals surface area contributed by atoms with Crippen molar-refractivity contribution >= 4 is 23.2 Å². The second-order valence-electron chi connectivity index (χ2n) is 11.1. The molecule has 32 heavy (non-hydrogen) atoms. The zero-order valence-electron chi connectivity index (χ0n) is 18.6. The fraction of sp³-hybridized carbons (Fsp3) is 0.750. The molecule has 0 spiro atoms. The normalized spacial score (nSPS) is 51.9. The maximum atomic E-state index is 15.5. The van der Waals surface area contributed by atoms with Crippen molar-refractivity contribution in [2.24, 2.45) is 28.6 Å². The average molecular weight is 471 g/mol. The first-order chi connectivity index (χ1) is 14.8. The summed E-state index contributed by atoms with van der Waals surface area (Å²) in [5, 5.41) is 11.5. The molecule has 0 bridgehead atoms. The Kier molecular flexibility index (Phi) is 4.75. The Hall–Kier alpha value is -1.15. The minimum absolute atomic E-state index is 0.116. The summed E-state index contributed by atoms with van der Waals surface area (Å²) in [7, 11) is 0. The zero-order chi connectivity index (χ0) is 23.4. The Morgan fingerprint density at radius 2 is 1.97 bits per heavy atom. The van der Waals surface area contributed by atoms with E-state index in [1.807, 2.05) is 13.8 Å². The maximum Gasteiger partial charge on any atom is 0.234 e. The number of carbonyl (C=O) groups excluding carboxylic acids is 2. The van der Waals surface area contributed by atoms with Gasteiger partial charge in [-0.05, 0) is 62.7 Å². The fourth-order valence-electron chi connectivity index (χ4n) is 8.03. The summed E-state index contributed by atoms with van der Waals surface area (Å²) in [5.74, 6) is -3.18. The summed E-state index contributed by atoms with van der Waals surface area (Å²) in [5.41, 5.74) is -5.35. The number of halogens is 3. The number of hydrogen-bond donors (Lipinski definition) is 1. The molecule has 1 N–H and O–H groups in total. The molecule has 0 radical (unpaired) electrons. The highest BCUT2D eigenvalue weighted by Crippen LogP contribution is 2.70. The first kappa shape index (κ1) is 22.6. The van der Waals surface area contributed by atoms with Gasteiger partial charge in [-0.2, -0.15) is 0 Å². The van der Waals surface area contributed by atoms with Gasteiger partial charge in [0.05, 0.1) is 12.2 Å². The lowest BCUT2D eigenvalue weighted by atomic mass is 9.46. The number of rotatable bonds is 2. The molecule has 3 saturated carbocycles. The monoisotopic (exact) mass is 470 g/mol. The third kappa shape index (κ3) is 2.65. The average Bonchev–Trinajstić information content (AvgIpc) is 3.08. The Balaban J connectivity index is 1.62. The molecule has 4 fully saturated rings. The molecule has 10 atom stereocenters. The molecule has 1 saturated heterocycles. The number of Topliss-reactive ketones (excluding diaryl/α,β-unsaturated/α-hetero) is 1. The van der Waals surface area contributed by atoms with Crippen LogP contribution in [0.1, 0.15) is 47.0 Å². The van der Waals surface area contributed by atoms with Gasteiger partial charge in [0.15, 0.2) is 17.2 Å². The molecular formula is C24H29ClF2O5. The van der Waals surface area contributed by atoms with Crippen LogP contribution < -0.4 is 0 Å². The van der Waals surface area contributed by atoms with Gasteiger partial charge in [-0.15, -0.1) is 0 Å². The molecule has 5 nitrogen and oxygen atoms in total. The molecule has 5 aliphatic rings. The largest absolute Gasteiger partial charge is 0.393 e. The third-order valence-corrected chi connectivity index (χ3v) is 9.23. The minimum Gasteiger partial charge on any atom is -0.393 e. The van der Waals surface area contributed by atoms with E-state index in [-0.39, 0.29) is 36.4 Å². The number of aliphatic hydroxyl groups is 1. The van der Waals surface area contributed by atoms with Crippen LogP contribution in [0.3, 0.4) is 0 Å². The SMILES string of the molecule is CC1(C)O[C@@H]2C[C@H]3[C@@H]4C[C@H](F)C5=CC(=O)C=C[C@]5(C)[C@@H]4[C@@H](O)C[C@]3(C)[C@]2(C(=O)C(F)Cl)O1. The van der Waals surface area contributed by atoms with E-state index in [1.54, 1.807) is 19.9 Å². The molecule has 8 heteroatoms. The summed E-state index contributed by atoms with van der Waals surface area (Å²) < 4.78 is 42.0. The summed E-state index contributed by atoms with van der Waals surface area (Å²) >= 11 is 5.66. The van der Waals surface area contributed by atoms with Crippen molar-refractivity contribution in [3.8, 4) is 0 Å². The molecule has 0 aromatic carbocycles. The van der Waals surface area contributed by atoms with Crippen LogP contribution in [0.15, 0.2) is 23.8 Å². The Morgan fingerprint density at radius 1 is 1.28 bits per heavy atom. The standard InChI is InChI=1S/C24H29ClF2O5/c1-21(2)31-17-9-13-12-8-15(26)14-7-11(28)5-6-22(14,3)18(12)16(29)10-23(13,4)24(17,32-21)19(30)20(25)27/h5-7,12-13,15-18,20,29H,8-10H2,1-4H3/t12-,13-,15-,16-,17+,18-,20?,22-,23-,24-/m0/s1. The lowest BCUT2D eigenvalue weighted by Crippen LogP contribution is -2.65. The van der Waals surface area contributed by atoms with Gasteiger partial charge in [-0.1, -0.05) is 31.5 Å². The Bertz CT molecular complexity index is 947. The van der Waals surface area contributed by atoms with E-state index in [0.717, 1.165) is 0 Å². The molecule has 176 valence electrons. The highest BCUT2D eigenvalue weighted by atomic mass is 35.5. The quantitative estimate of drug-likeness (QED) is 0.621. The molecule has 1 aliphatic heterocycles. The number of ether oxygens (including phenoxy) is 2. The number of alkyl halides is 3. The van der Waals surface area contributed by atoms with Gasteiger partial charge in [-0.3, -0.25) is 9.59 Å². The number of ketones is 2. The number of allylic oxidation sites excluding steroid dienone is 4. The smallest absolute Gasteiger partial charge is 0.234 e. The van der Waals surface area contributed by atoms with E-state index in [4.69, 9.17) is 21.1 Å². The van der Waals surface area contributed by atoms with Gasteiger partial charge in [0.2, 0.25) is 11.4 Å². The second-order valence-corrected chi connectivity index (χ2v) is 11.4. The zero-order valence-corrected chi connectivity index (χ0v) is 19.4. The van der Waals surface area contributed by atoms with Crippen LogP contribution in [0.5, 0.6) is 0 Å². The van der Waals surface area contributed by atoms with Gasteiger partial charge in [0.25, 0.3) is 0 Å². The summed E-state index contributed by atoms with van der Waals surface area (Å²) in [6.45, 7) is 7.02. The van der Waals surface area contributed by atoms with Crippen LogP contribution in [0, 0.1) is 28.6 Å². The fourth-order valence-corrected chi connectivity index (χ4v) is 8.19. The lowest BCUT2D eigenvalue weighted by molar-refractivity contribution is -0.226. The summed E-state index contributed by atoms with van der Waals surface area (Å²) in [6.07, 6.45) is 2.15. The molecule has 1 unspecified atom stereocenters. The number of aliphatic hydroxyl groups excluding tert-OH is 1. The molecule has 0 aromatic rings. The predicted octanol–water partition coefficient (Wildman–Crippen LogP) is 3.82. The predicted molar refractivity (Wildman–Crippen MR) is 112 cm³/mol. The van der Waals surface area contributed by atoms with Crippen LogP contribution in [0.2, 0.25) is 0 Å². The second kappa shape index (κ2) is 6.71. The first-order valence-corrected chi connectivity index (χ1v) is 11.7. The van der Waals surface area contributed by atoms with Crippen LogP contribution in [-0.4, -0.2) is 52.1 Å². The number of carbonyl (C=O) groups is 2. The number of fused-ring (bicyclic) bond motifs is 7. The molecule has 0 amide bonds. The lowest BCUT2D eigenvalue weighted by Gasteiger charge is -2.60. The van der Waals surface area contributed by atoms with E-state index in [2.05, 4.69) is 0 Å². The molecule has 5 rings (SSSR count). The van der Waals surface area contributed by atoms with E-state index in [9.17, 15) is 19.1 Å². The highest BCUT2D eigenvalue weighted by molar-refractivity contribution is 6.31. The molecule has 4 aliphatic carbocycles. The van der Waals surface area contributed by atoms with E-state index < -0.39 is 52.0 Å². The van der Waals surface area contributed by atoms with Crippen LogP contribution in [0.4, 0.5) is 8.78 Å². The Labute approximate surface area is 191 Å². The van der Waals surface area contributed by atoms with Crippen LogP contribution in [-0.2, 0) is 19.1 Å². The van der Waals surface area contributed by atoms with Crippen molar-refractivity contribution in [2.75, 3.05) is 0 Å². The van der Waals surface area contributed by atoms with Gasteiger partial charge in [0.1, 0.15) is 6.17 Å². The van der Waals surface area contributed by atoms with Crippen molar-refractivity contribution in [1.82, 2.24) is 0 Å². The van der Waals surface area contributed by atoms with Gasteiger partial charge < -0.3 is 14.6 Å². The summed E-state index contributed by atoms with van der Waals surface area (Å²) in [6, 6.07) is 0. The van der Waals surface area contributed by atoms with Crippen molar-refractivity contribution < 1.29 is 33.0 Å². The van der Waals surface area contributed by atoms with Crippen molar-refractivity contribution in [2.45, 2.75) is 82.4 Å². The summed E-state index contributed by atoms with van der Waals surface area (Å²) in [4.78, 5) is 25.2. The van der Waals surface area contributed by atoms with Crippen molar-refractivity contribution in [3.05, 3.63) is 23.8 Å². The van der Waals surface area contributed by atoms with E-state index in [0.29, 0.717) is 12.0 Å². The van der Waals surface area contributed by atoms with Crippen molar-refractivity contribution in [1.29, 1.82) is 0 Å². The topological polar surface area (TPSA) is 72.8 Å². The Morgan fingerprint density at radius 3 is 2.62 bits per heavy atom. The maximum absolute atomic E-state index is 15.5. The van der Waals surface area contributed by atoms with Gasteiger partial charge in [-0.25, -0.2) is 8.78 Å². The van der Waals surface area contributed by atoms with Crippen LogP contribution in [0.25, 0.3) is 0 Å². The molecule has 0 aromatic heterocycles. The molecule has 1 heterocycles.